The van der Waals surface area contributed by atoms with Crippen molar-refractivity contribution in [2.45, 2.75) is 13.0 Å². The van der Waals surface area contributed by atoms with Crippen LogP contribution < -0.4 is 0 Å². The predicted octanol–water partition coefficient (Wildman–Crippen LogP) is 3.01. The molecule has 0 unspecified atom stereocenters. The molecule has 0 radical (unpaired) electrons. The van der Waals surface area contributed by atoms with E-state index in [1.807, 2.05) is 12.1 Å². The number of benzene rings is 1. The molecule has 4 rings (SSSR count). The van der Waals surface area contributed by atoms with Gasteiger partial charge in [-0.1, -0.05) is 30.3 Å². The summed E-state index contributed by atoms with van der Waals surface area (Å²) in [5.74, 6) is -0.636. The van der Waals surface area contributed by atoms with E-state index in [0.717, 1.165) is 0 Å². The summed E-state index contributed by atoms with van der Waals surface area (Å²) in [7, 11) is 0. The van der Waals surface area contributed by atoms with Gasteiger partial charge in [0, 0.05) is 31.0 Å². The molecule has 1 fully saturated rings. The third-order valence-electron chi connectivity index (χ3n) is 5.09. The van der Waals surface area contributed by atoms with Gasteiger partial charge < -0.3 is 18.8 Å². The van der Waals surface area contributed by atoms with Crippen LogP contribution in [0, 0.1) is 18.3 Å². The van der Waals surface area contributed by atoms with Gasteiger partial charge in [-0.25, -0.2) is 4.79 Å². The highest BCUT2D eigenvalue weighted by Gasteiger charge is 2.33. The van der Waals surface area contributed by atoms with Crippen molar-refractivity contribution < 1.29 is 23.5 Å². The van der Waals surface area contributed by atoms with Gasteiger partial charge in [0.05, 0.1) is 13.2 Å². The number of carbonyl (C=O) groups is 2. The Balaban J connectivity index is 1.67. The van der Waals surface area contributed by atoms with Crippen LogP contribution in [0.15, 0.2) is 59.3 Å². The Hall–Kier alpha value is -3.83. The molecule has 1 aromatic carbocycles. The van der Waals surface area contributed by atoms with Gasteiger partial charge in [-0.15, -0.1) is 0 Å². The van der Waals surface area contributed by atoms with Crippen molar-refractivity contribution in [3.05, 3.63) is 77.3 Å². The van der Waals surface area contributed by atoms with E-state index in [1.54, 1.807) is 65.2 Å². The number of hydrogen-bond donors (Lipinski definition) is 0. The van der Waals surface area contributed by atoms with Crippen LogP contribution in [0.2, 0.25) is 0 Å². The zero-order valence-electron chi connectivity index (χ0n) is 17.0. The maximum absolute atomic E-state index is 13.2. The third-order valence-corrected chi connectivity index (χ3v) is 5.09. The number of aromatic nitrogens is 1. The molecule has 0 spiro atoms. The second-order valence-corrected chi connectivity index (χ2v) is 7.05. The molecule has 1 aliphatic heterocycles. The SMILES string of the molecule is Cc1oc(-n2cccc2)c(C#N)c1C(=O)O[C@@H](C(=O)N1CCOCC1)c1ccccc1. The highest BCUT2D eigenvalue weighted by atomic mass is 16.5. The first-order valence-corrected chi connectivity index (χ1v) is 9.89. The second kappa shape index (κ2) is 8.90. The van der Waals surface area contributed by atoms with E-state index >= 15 is 0 Å². The lowest BCUT2D eigenvalue weighted by Crippen LogP contribution is -2.44. The predicted molar refractivity (Wildman–Crippen MR) is 109 cm³/mol. The molecule has 1 saturated heterocycles. The molecular formula is C23H21N3O5. The van der Waals surface area contributed by atoms with E-state index in [-0.39, 0.29) is 28.7 Å². The largest absolute Gasteiger partial charge is 0.444 e. The van der Waals surface area contributed by atoms with E-state index in [9.17, 15) is 14.9 Å². The van der Waals surface area contributed by atoms with Crippen molar-refractivity contribution in [2.24, 2.45) is 0 Å². The first-order chi connectivity index (χ1) is 15.1. The van der Waals surface area contributed by atoms with Crippen LogP contribution >= 0.6 is 0 Å². The fraction of sp³-hybridized carbons (Fsp3) is 0.261. The summed E-state index contributed by atoms with van der Waals surface area (Å²) in [6.07, 6.45) is 2.29. The van der Waals surface area contributed by atoms with Crippen molar-refractivity contribution in [1.82, 2.24) is 9.47 Å². The van der Waals surface area contributed by atoms with Gasteiger partial charge in [0.2, 0.25) is 12.0 Å². The molecule has 1 amide bonds. The fourth-order valence-corrected chi connectivity index (χ4v) is 3.54. The molecule has 31 heavy (non-hydrogen) atoms. The number of amides is 1. The van der Waals surface area contributed by atoms with Crippen molar-refractivity contribution in [3.8, 4) is 12.0 Å². The van der Waals surface area contributed by atoms with Crippen LogP contribution in [-0.4, -0.2) is 47.6 Å². The number of hydrogen-bond acceptors (Lipinski definition) is 6. The molecule has 1 aliphatic rings. The Morgan fingerprint density at radius 3 is 2.42 bits per heavy atom. The molecule has 0 aliphatic carbocycles. The number of ether oxygens (including phenoxy) is 2. The zero-order chi connectivity index (χ0) is 21.8. The van der Waals surface area contributed by atoms with Gasteiger partial charge in [-0.3, -0.25) is 9.36 Å². The molecular weight excluding hydrogens is 398 g/mol. The van der Waals surface area contributed by atoms with Crippen LogP contribution in [-0.2, 0) is 14.3 Å². The first-order valence-electron chi connectivity index (χ1n) is 9.89. The number of carbonyl (C=O) groups excluding carboxylic acids is 2. The fourth-order valence-electron chi connectivity index (χ4n) is 3.54. The van der Waals surface area contributed by atoms with Gasteiger partial charge in [0.15, 0.2) is 0 Å². The van der Waals surface area contributed by atoms with E-state index in [2.05, 4.69) is 0 Å². The molecule has 0 N–H and O–H groups in total. The summed E-state index contributed by atoms with van der Waals surface area (Å²) in [6.45, 7) is 3.30. The standard InChI is InChI=1S/C23H21N3O5/c1-16-19(18(15-24)22(30-16)26-9-5-6-10-26)23(28)31-20(17-7-3-2-4-8-17)21(27)25-11-13-29-14-12-25/h2-10,20H,11-14H2,1H3/t20-/m1/s1. The van der Waals surface area contributed by atoms with Gasteiger partial charge in [0.25, 0.3) is 5.91 Å². The molecule has 1 atom stereocenters. The lowest BCUT2D eigenvalue weighted by molar-refractivity contribution is -0.145. The van der Waals surface area contributed by atoms with Gasteiger partial charge >= 0.3 is 5.97 Å². The summed E-state index contributed by atoms with van der Waals surface area (Å²) in [6, 6.07) is 14.4. The Bertz CT molecular complexity index is 1110. The summed E-state index contributed by atoms with van der Waals surface area (Å²) < 4.78 is 18.3. The number of esters is 1. The highest BCUT2D eigenvalue weighted by molar-refractivity contribution is 5.96. The maximum Gasteiger partial charge on any atom is 0.344 e. The van der Waals surface area contributed by atoms with E-state index < -0.39 is 12.1 Å². The van der Waals surface area contributed by atoms with Crippen molar-refractivity contribution in [2.75, 3.05) is 26.3 Å². The molecule has 2 aromatic heterocycles. The van der Waals surface area contributed by atoms with Crippen LogP contribution in [0.25, 0.3) is 5.88 Å². The second-order valence-electron chi connectivity index (χ2n) is 7.05. The van der Waals surface area contributed by atoms with Gasteiger partial charge in [0.1, 0.15) is 23.0 Å². The minimum atomic E-state index is -1.14. The molecule has 0 saturated carbocycles. The normalized spacial score (nSPS) is 14.6. The first kappa shape index (κ1) is 20.4. The number of nitrogens with zero attached hydrogens (tertiary/aromatic N) is 3. The van der Waals surface area contributed by atoms with Gasteiger partial charge in [-0.2, -0.15) is 5.26 Å². The molecule has 3 heterocycles. The Morgan fingerprint density at radius 2 is 1.77 bits per heavy atom. The zero-order valence-corrected chi connectivity index (χ0v) is 17.0. The Morgan fingerprint density at radius 1 is 1.10 bits per heavy atom. The lowest BCUT2D eigenvalue weighted by atomic mass is 10.1. The maximum atomic E-state index is 13.2. The molecule has 3 aromatic rings. The van der Waals surface area contributed by atoms with Crippen molar-refractivity contribution in [1.29, 1.82) is 5.26 Å². The molecule has 158 valence electrons. The number of aryl methyl sites for hydroxylation is 1. The van der Waals surface area contributed by atoms with Gasteiger partial charge in [-0.05, 0) is 19.1 Å². The highest BCUT2D eigenvalue weighted by Crippen LogP contribution is 2.29. The van der Waals surface area contributed by atoms with E-state index in [0.29, 0.717) is 31.9 Å². The minimum absolute atomic E-state index is 0.0157. The Kier molecular flexibility index (Phi) is 5.87. The summed E-state index contributed by atoms with van der Waals surface area (Å²) >= 11 is 0. The van der Waals surface area contributed by atoms with Crippen molar-refractivity contribution in [3.63, 3.8) is 0 Å². The number of furan rings is 1. The number of rotatable bonds is 5. The topological polar surface area (TPSA) is 97.7 Å². The number of morpholine rings is 1. The molecule has 8 heteroatoms. The van der Waals surface area contributed by atoms with Crippen LogP contribution in [0.5, 0.6) is 0 Å². The minimum Gasteiger partial charge on any atom is -0.444 e. The lowest BCUT2D eigenvalue weighted by Gasteiger charge is -2.30. The Labute approximate surface area is 179 Å². The monoisotopic (exact) mass is 419 g/mol. The summed E-state index contributed by atoms with van der Waals surface area (Å²) in [5, 5.41) is 9.70. The average molecular weight is 419 g/mol. The van der Waals surface area contributed by atoms with Crippen molar-refractivity contribution >= 4 is 11.9 Å². The number of nitriles is 1. The summed E-state index contributed by atoms with van der Waals surface area (Å²) in [4.78, 5) is 28.0. The van der Waals surface area contributed by atoms with E-state index in [4.69, 9.17) is 13.9 Å². The quantitative estimate of drug-likeness (QED) is 0.590. The average Bonchev–Trinajstić information content (AvgIpc) is 3.45. The smallest absolute Gasteiger partial charge is 0.344 e. The summed E-state index contributed by atoms with van der Waals surface area (Å²) in [5.41, 5.74) is 0.629. The van der Waals surface area contributed by atoms with E-state index in [1.165, 1.54) is 0 Å². The van der Waals surface area contributed by atoms with Crippen LogP contribution in [0.4, 0.5) is 0 Å². The van der Waals surface area contributed by atoms with Crippen LogP contribution in [0.3, 0.4) is 0 Å². The van der Waals surface area contributed by atoms with Crippen LogP contribution in [0.1, 0.15) is 33.3 Å². The molecule has 8 nitrogen and oxygen atoms in total. The third kappa shape index (κ3) is 4.09. The molecule has 0 bridgehead atoms.